The zero-order valence-electron chi connectivity index (χ0n) is 26.8. The second-order valence-electron chi connectivity index (χ2n) is 14.9. The highest BCUT2D eigenvalue weighted by molar-refractivity contribution is 5.96. The Labute approximate surface area is 261 Å². The van der Waals surface area contributed by atoms with Crippen LogP contribution in [0.2, 0.25) is 0 Å². The van der Waals surface area contributed by atoms with Crippen molar-refractivity contribution in [1.82, 2.24) is 4.98 Å². The average molecular weight is 570 g/mol. The van der Waals surface area contributed by atoms with E-state index in [1.54, 1.807) is 0 Å². The smallest absolute Gasteiger partial charge is 0.0725 e. The summed E-state index contributed by atoms with van der Waals surface area (Å²) in [5, 5.41) is 1.21. The van der Waals surface area contributed by atoms with Crippen molar-refractivity contribution < 1.29 is 0 Å². The minimum atomic E-state index is -0.382. The predicted molar refractivity (Wildman–Crippen MR) is 186 cm³/mol. The highest BCUT2D eigenvalue weighted by Crippen LogP contribution is 2.63. The Morgan fingerprint density at radius 3 is 1.77 bits per heavy atom. The summed E-state index contributed by atoms with van der Waals surface area (Å²) in [5.74, 6) is 0. The van der Waals surface area contributed by atoms with Crippen molar-refractivity contribution in [3.8, 4) is 33.5 Å². The summed E-state index contributed by atoms with van der Waals surface area (Å²) in [7, 11) is 0. The van der Waals surface area contributed by atoms with Gasteiger partial charge in [0.15, 0.2) is 0 Å². The number of benzene rings is 5. The molecule has 0 aliphatic heterocycles. The Balaban J connectivity index is 1.45. The number of nitrogens with zero attached hydrogens (tertiary/aromatic N) is 1. The number of hydrogen-bond donors (Lipinski definition) is 0. The van der Waals surface area contributed by atoms with E-state index in [9.17, 15) is 0 Å². The normalized spacial score (nSPS) is 14.4. The molecular weight excluding hydrogens is 530 g/mol. The molecule has 2 aliphatic rings. The van der Waals surface area contributed by atoms with Crippen LogP contribution in [0.15, 0.2) is 109 Å². The first-order chi connectivity index (χ1) is 21.0. The van der Waals surface area contributed by atoms with Crippen LogP contribution >= 0.6 is 0 Å². The fourth-order valence-corrected chi connectivity index (χ4v) is 7.75. The molecule has 0 fully saturated rings. The standard InChI is InChI=1S/C43H39N/c1-26-11-10-14-40-30(26)19-22-39(44-40)27-15-18-32-31-12-8-9-13-35(31)43(38(32)23-27)36-20-16-28(41(2,3)4)24-33(36)34-25-29(42(5,6)7)17-21-37(34)43/h8-25H,1-7H3. The highest BCUT2D eigenvalue weighted by atomic mass is 14.7. The van der Waals surface area contributed by atoms with E-state index >= 15 is 0 Å². The molecular formula is C43H39N. The molecule has 0 atom stereocenters. The van der Waals surface area contributed by atoms with Crippen LogP contribution in [0.4, 0.5) is 0 Å². The third kappa shape index (κ3) is 3.68. The number of fused-ring (bicyclic) bond motifs is 11. The Morgan fingerprint density at radius 2 is 1.11 bits per heavy atom. The lowest BCUT2D eigenvalue weighted by molar-refractivity contribution is 0.589. The fourth-order valence-electron chi connectivity index (χ4n) is 7.75. The Kier molecular flexibility index (Phi) is 5.55. The Bertz CT molecular complexity index is 2080. The largest absolute Gasteiger partial charge is 0.248 e. The summed E-state index contributed by atoms with van der Waals surface area (Å²) < 4.78 is 0. The van der Waals surface area contributed by atoms with E-state index < -0.39 is 0 Å². The Hall–Kier alpha value is -4.49. The second-order valence-corrected chi connectivity index (χ2v) is 14.9. The van der Waals surface area contributed by atoms with Crippen molar-refractivity contribution in [3.05, 3.63) is 148 Å². The van der Waals surface area contributed by atoms with Gasteiger partial charge >= 0.3 is 0 Å². The zero-order valence-corrected chi connectivity index (χ0v) is 26.8. The van der Waals surface area contributed by atoms with E-state index in [4.69, 9.17) is 4.98 Å². The van der Waals surface area contributed by atoms with Crippen molar-refractivity contribution in [1.29, 1.82) is 0 Å². The first-order valence-electron chi connectivity index (χ1n) is 15.9. The van der Waals surface area contributed by atoms with Crippen LogP contribution in [0.25, 0.3) is 44.4 Å². The lowest BCUT2D eigenvalue weighted by atomic mass is 9.69. The summed E-state index contributed by atoms with van der Waals surface area (Å²) in [5.41, 5.74) is 17.8. The van der Waals surface area contributed by atoms with Gasteiger partial charge in [0.2, 0.25) is 0 Å². The third-order valence-electron chi connectivity index (χ3n) is 10.2. The molecule has 2 aliphatic carbocycles. The van der Waals surface area contributed by atoms with E-state index in [-0.39, 0.29) is 16.2 Å². The lowest BCUT2D eigenvalue weighted by Gasteiger charge is -2.31. The summed E-state index contributed by atoms with van der Waals surface area (Å²) in [6, 6.07) is 41.5. The number of rotatable bonds is 1. The highest BCUT2D eigenvalue weighted by Gasteiger charge is 2.52. The zero-order chi connectivity index (χ0) is 30.6. The van der Waals surface area contributed by atoms with Gasteiger partial charge in [0.05, 0.1) is 16.6 Å². The van der Waals surface area contributed by atoms with Gasteiger partial charge in [-0.25, -0.2) is 4.98 Å². The van der Waals surface area contributed by atoms with E-state index in [0.717, 1.165) is 16.8 Å². The van der Waals surface area contributed by atoms with Crippen LogP contribution in [0.1, 0.15) is 80.5 Å². The molecule has 1 spiro atoms. The first kappa shape index (κ1) is 27.1. The maximum absolute atomic E-state index is 5.16. The Morgan fingerprint density at radius 1 is 0.500 bits per heavy atom. The molecule has 0 saturated carbocycles. The molecule has 1 aromatic heterocycles. The number of hydrogen-bond acceptors (Lipinski definition) is 1. The maximum Gasteiger partial charge on any atom is 0.0725 e. The van der Waals surface area contributed by atoms with Crippen molar-refractivity contribution in [3.63, 3.8) is 0 Å². The van der Waals surface area contributed by atoms with Gasteiger partial charge in [-0.15, -0.1) is 0 Å². The first-order valence-corrected chi connectivity index (χ1v) is 15.9. The molecule has 0 saturated heterocycles. The SMILES string of the molecule is Cc1cccc2nc(-c3ccc4c(c3)C3(c5ccccc5-4)c4ccc(C(C)(C)C)cc4-c4cc(C(C)(C)C)ccc43)ccc12. The summed E-state index contributed by atoms with van der Waals surface area (Å²) in [6.07, 6.45) is 0. The maximum atomic E-state index is 5.16. The van der Waals surface area contributed by atoms with Crippen LogP contribution in [0.5, 0.6) is 0 Å². The van der Waals surface area contributed by atoms with Crippen LogP contribution < -0.4 is 0 Å². The fraction of sp³-hybridized carbons (Fsp3) is 0.233. The average Bonchev–Trinajstić information content (AvgIpc) is 3.46. The molecule has 0 unspecified atom stereocenters. The molecule has 1 heteroatoms. The van der Waals surface area contributed by atoms with Gasteiger partial charge in [-0.2, -0.15) is 0 Å². The molecule has 0 radical (unpaired) electrons. The molecule has 1 nitrogen and oxygen atoms in total. The van der Waals surface area contributed by atoms with Gasteiger partial charge < -0.3 is 0 Å². The molecule has 0 N–H and O–H groups in total. The van der Waals surface area contributed by atoms with Gasteiger partial charge in [-0.1, -0.05) is 133 Å². The molecule has 5 aromatic carbocycles. The molecule has 0 bridgehead atoms. The molecule has 1 heterocycles. The topological polar surface area (TPSA) is 12.9 Å². The van der Waals surface area contributed by atoms with Gasteiger partial charge in [0, 0.05) is 10.9 Å². The molecule has 8 rings (SSSR count). The lowest BCUT2D eigenvalue weighted by Crippen LogP contribution is -2.26. The van der Waals surface area contributed by atoms with Gasteiger partial charge in [0.25, 0.3) is 0 Å². The van der Waals surface area contributed by atoms with E-state index in [1.807, 2.05) is 0 Å². The summed E-state index contributed by atoms with van der Waals surface area (Å²) in [6.45, 7) is 16.1. The van der Waals surface area contributed by atoms with Crippen LogP contribution in [0.3, 0.4) is 0 Å². The third-order valence-corrected chi connectivity index (χ3v) is 10.2. The monoisotopic (exact) mass is 569 g/mol. The quantitative estimate of drug-likeness (QED) is 0.192. The number of aryl methyl sites for hydroxylation is 1. The van der Waals surface area contributed by atoms with Gasteiger partial charge in [-0.05, 0) is 97.2 Å². The summed E-state index contributed by atoms with van der Waals surface area (Å²) >= 11 is 0. The van der Waals surface area contributed by atoms with Crippen molar-refractivity contribution in [2.24, 2.45) is 0 Å². The van der Waals surface area contributed by atoms with Crippen molar-refractivity contribution in [2.75, 3.05) is 0 Å². The van der Waals surface area contributed by atoms with Crippen LogP contribution in [-0.4, -0.2) is 4.98 Å². The molecule has 216 valence electrons. The van der Waals surface area contributed by atoms with Crippen LogP contribution in [-0.2, 0) is 16.2 Å². The van der Waals surface area contributed by atoms with Crippen molar-refractivity contribution >= 4 is 10.9 Å². The van der Waals surface area contributed by atoms with Crippen LogP contribution in [0, 0.1) is 6.92 Å². The van der Waals surface area contributed by atoms with Gasteiger partial charge in [0.1, 0.15) is 0 Å². The molecule has 44 heavy (non-hydrogen) atoms. The van der Waals surface area contributed by atoms with Gasteiger partial charge in [-0.3, -0.25) is 0 Å². The van der Waals surface area contributed by atoms with Crippen molar-refractivity contribution in [2.45, 2.75) is 64.7 Å². The molecule has 6 aromatic rings. The second kappa shape index (κ2) is 9.02. The summed E-state index contributed by atoms with van der Waals surface area (Å²) in [4.78, 5) is 5.16. The van der Waals surface area contributed by atoms with E-state index in [1.165, 1.54) is 66.6 Å². The minimum absolute atomic E-state index is 0.0609. The number of aromatic nitrogens is 1. The minimum Gasteiger partial charge on any atom is -0.248 e. The molecule has 0 amide bonds. The van der Waals surface area contributed by atoms with E-state index in [2.05, 4.69) is 158 Å². The predicted octanol–water partition coefficient (Wildman–Crippen LogP) is 11.1. The van der Waals surface area contributed by atoms with E-state index in [0.29, 0.717) is 0 Å². The number of pyridine rings is 1.